The highest BCUT2D eigenvalue weighted by Gasteiger charge is 2.32. The normalized spacial score (nSPS) is 20.6. The molecule has 2 aromatic heterocycles. The van der Waals surface area contributed by atoms with Gasteiger partial charge < -0.3 is 23.9 Å². The number of likely N-dealkylation sites (tertiary alicyclic amines) is 1. The van der Waals surface area contributed by atoms with Gasteiger partial charge in [0.25, 0.3) is 0 Å². The van der Waals surface area contributed by atoms with E-state index in [9.17, 15) is 9.90 Å². The lowest BCUT2D eigenvalue weighted by Gasteiger charge is -2.33. The van der Waals surface area contributed by atoms with Crippen LogP contribution in [0.3, 0.4) is 0 Å². The van der Waals surface area contributed by atoms with E-state index in [2.05, 4.69) is 27.7 Å². The van der Waals surface area contributed by atoms with Crippen molar-refractivity contribution >= 4 is 38.6 Å². The predicted octanol–water partition coefficient (Wildman–Crippen LogP) is 5.85. The maximum atomic E-state index is 11.6. The van der Waals surface area contributed by atoms with E-state index in [1.54, 1.807) is 23.5 Å². The average molecular weight is 597 g/mol. The summed E-state index contributed by atoms with van der Waals surface area (Å²) < 4.78 is 21.7. The molecule has 220 valence electrons. The van der Waals surface area contributed by atoms with Crippen molar-refractivity contribution in [2.24, 2.45) is 0 Å². The molecule has 43 heavy (non-hydrogen) atoms. The number of hydrogen-bond donors (Lipinski definition) is 1. The number of carbonyl (C=O) groups is 1. The number of ether oxygens (including phenoxy) is 3. The zero-order chi connectivity index (χ0) is 28.9. The van der Waals surface area contributed by atoms with Crippen LogP contribution in [0.25, 0.3) is 21.3 Å². The summed E-state index contributed by atoms with van der Waals surface area (Å²) in [5.41, 5.74) is 4.20. The van der Waals surface area contributed by atoms with Crippen LogP contribution in [0.5, 0.6) is 11.5 Å². The number of carboxylic acid groups (broad SMARTS) is 1. The Balaban J connectivity index is 0.952. The third kappa shape index (κ3) is 5.13. The topological polar surface area (TPSA) is 98.9 Å². The molecule has 0 aliphatic carbocycles. The monoisotopic (exact) mass is 596 g/mol. The Morgan fingerprint density at radius 1 is 0.977 bits per heavy atom. The SMILES string of the molecule is O=C(O)c1ccc2nc(CN3CCC(c4cccc5c4OC(Cc4nc6ccccc6s4)O5)CC3)n(C[C@@H]3CCO3)c2c1. The summed E-state index contributed by atoms with van der Waals surface area (Å²) in [5.74, 6) is 2.11. The second-order valence-corrected chi connectivity index (χ2v) is 12.7. The molecule has 3 aromatic carbocycles. The smallest absolute Gasteiger partial charge is 0.335 e. The Bertz CT molecular complexity index is 1790. The number of aromatic carboxylic acids is 1. The molecule has 10 heteroatoms. The number of thiazole rings is 1. The van der Waals surface area contributed by atoms with Crippen molar-refractivity contribution in [1.82, 2.24) is 19.4 Å². The van der Waals surface area contributed by atoms with E-state index in [1.807, 2.05) is 30.3 Å². The number of nitrogens with zero attached hydrogens (tertiary/aromatic N) is 4. The number of imidazole rings is 1. The lowest BCUT2D eigenvalue weighted by atomic mass is 9.88. The summed E-state index contributed by atoms with van der Waals surface area (Å²) in [7, 11) is 0. The number of hydrogen-bond acceptors (Lipinski definition) is 8. The lowest BCUT2D eigenvalue weighted by molar-refractivity contribution is -0.0592. The van der Waals surface area contributed by atoms with Gasteiger partial charge >= 0.3 is 5.97 Å². The predicted molar refractivity (Wildman–Crippen MR) is 163 cm³/mol. The van der Waals surface area contributed by atoms with Crippen molar-refractivity contribution in [3.05, 3.63) is 82.6 Å². The van der Waals surface area contributed by atoms with E-state index in [-0.39, 0.29) is 18.0 Å². The molecular weight excluding hydrogens is 564 g/mol. The van der Waals surface area contributed by atoms with E-state index in [4.69, 9.17) is 24.2 Å². The molecule has 2 atom stereocenters. The second-order valence-electron chi connectivity index (χ2n) is 11.6. The third-order valence-corrected chi connectivity index (χ3v) is 9.90. The Morgan fingerprint density at radius 2 is 1.84 bits per heavy atom. The van der Waals surface area contributed by atoms with Gasteiger partial charge in [0, 0.05) is 12.2 Å². The number of benzene rings is 3. The summed E-state index contributed by atoms with van der Waals surface area (Å²) in [6.07, 6.45) is 3.43. The number of rotatable bonds is 8. The molecule has 1 unspecified atom stereocenters. The Hall–Kier alpha value is -3.99. The van der Waals surface area contributed by atoms with Crippen molar-refractivity contribution in [2.75, 3.05) is 19.7 Å². The van der Waals surface area contributed by atoms with Crippen LogP contribution in [0.1, 0.15) is 51.9 Å². The number of para-hydroxylation sites is 2. The van der Waals surface area contributed by atoms with Crippen molar-refractivity contribution in [3.8, 4) is 11.5 Å². The molecule has 1 N–H and O–H groups in total. The van der Waals surface area contributed by atoms with Crippen LogP contribution in [0, 0.1) is 0 Å². The van der Waals surface area contributed by atoms with Crippen LogP contribution in [0.4, 0.5) is 0 Å². The standard InChI is InChI=1S/C33H32N4O5S/c38-33(39)21-8-9-24-26(16-21)37(18-22-12-15-40-22)29(34-24)19-36-13-10-20(11-14-36)23-4-3-6-27-32(23)42-31(41-27)17-30-35-25-5-1-2-7-28(25)43-30/h1-9,16,20,22,31H,10-15,17-19H2,(H,38,39)/t22-,31?/m0/s1. The van der Waals surface area contributed by atoms with E-state index in [0.717, 1.165) is 77.8 Å². The van der Waals surface area contributed by atoms with Gasteiger partial charge in [-0.3, -0.25) is 4.90 Å². The molecule has 0 radical (unpaired) electrons. The zero-order valence-corrected chi connectivity index (χ0v) is 24.5. The zero-order valence-electron chi connectivity index (χ0n) is 23.6. The van der Waals surface area contributed by atoms with Crippen LogP contribution in [-0.2, 0) is 24.2 Å². The van der Waals surface area contributed by atoms with Crippen LogP contribution in [0.15, 0.2) is 60.7 Å². The molecular formula is C33H32N4O5S. The molecule has 2 fully saturated rings. The summed E-state index contributed by atoms with van der Waals surface area (Å²) in [5, 5.41) is 10.6. The summed E-state index contributed by atoms with van der Waals surface area (Å²) in [6.45, 7) is 4.06. The molecule has 8 rings (SSSR count). The summed E-state index contributed by atoms with van der Waals surface area (Å²) in [6, 6.07) is 19.6. The minimum atomic E-state index is -0.928. The maximum Gasteiger partial charge on any atom is 0.335 e. The summed E-state index contributed by atoms with van der Waals surface area (Å²) in [4.78, 5) is 23.8. The second kappa shape index (κ2) is 10.9. The number of piperidine rings is 1. The largest absolute Gasteiger partial charge is 0.478 e. The van der Waals surface area contributed by atoms with Gasteiger partial charge in [-0.15, -0.1) is 11.3 Å². The highest BCUT2D eigenvalue weighted by Crippen LogP contribution is 2.44. The van der Waals surface area contributed by atoms with Crippen molar-refractivity contribution < 1.29 is 24.1 Å². The van der Waals surface area contributed by atoms with Crippen molar-refractivity contribution in [3.63, 3.8) is 0 Å². The average Bonchev–Trinajstić information content (AvgIpc) is 3.69. The molecule has 5 heterocycles. The van der Waals surface area contributed by atoms with Crippen molar-refractivity contribution in [2.45, 2.75) is 57.1 Å². The fourth-order valence-corrected chi connectivity index (χ4v) is 7.45. The van der Waals surface area contributed by atoms with Crippen LogP contribution in [-0.4, -0.2) is 62.6 Å². The number of carboxylic acids is 1. The number of fused-ring (bicyclic) bond motifs is 3. The molecule has 3 aliphatic heterocycles. The van der Waals surface area contributed by atoms with Crippen LogP contribution >= 0.6 is 11.3 Å². The first-order chi connectivity index (χ1) is 21.1. The molecule has 0 bridgehead atoms. The highest BCUT2D eigenvalue weighted by molar-refractivity contribution is 7.18. The van der Waals surface area contributed by atoms with Gasteiger partial charge in [0.1, 0.15) is 10.8 Å². The molecule has 3 aliphatic rings. The fourth-order valence-electron chi connectivity index (χ4n) is 6.47. The molecule has 0 saturated carbocycles. The summed E-state index contributed by atoms with van der Waals surface area (Å²) >= 11 is 1.69. The van der Waals surface area contributed by atoms with Gasteiger partial charge in [-0.1, -0.05) is 24.3 Å². The van der Waals surface area contributed by atoms with Gasteiger partial charge in [0.05, 0.1) is 52.4 Å². The van der Waals surface area contributed by atoms with E-state index in [1.165, 1.54) is 10.3 Å². The van der Waals surface area contributed by atoms with Gasteiger partial charge in [-0.25, -0.2) is 14.8 Å². The Kier molecular flexibility index (Phi) is 6.77. The maximum absolute atomic E-state index is 11.6. The van der Waals surface area contributed by atoms with Gasteiger partial charge in [0.2, 0.25) is 6.29 Å². The van der Waals surface area contributed by atoms with Gasteiger partial charge in [-0.05, 0) is 74.7 Å². The first-order valence-corrected chi connectivity index (χ1v) is 15.8. The first kappa shape index (κ1) is 26.6. The van der Waals surface area contributed by atoms with E-state index < -0.39 is 5.97 Å². The quantitative estimate of drug-likeness (QED) is 0.238. The van der Waals surface area contributed by atoms with Crippen LogP contribution < -0.4 is 9.47 Å². The highest BCUT2D eigenvalue weighted by atomic mass is 32.1. The molecule has 0 spiro atoms. The fraction of sp³-hybridized carbons (Fsp3) is 0.364. The minimum Gasteiger partial charge on any atom is -0.478 e. The van der Waals surface area contributed by atoms with Crippen molar-refractivity contribution in [1.29, 1.82) is 0 Å². The molecule has 5 aromatic rings. The lowest BCUT2D eigenvalue weighted by Crippen LogP contribution is -2.35. The van der Waals surface area contributed by atoms with Gasteiger partial charge in [0.15, 0.2) is 11.5 Å². The van der Waals surface area contributed by atoms with Gasteiger partial charge in [-0.2, -0.15) is 0 Å². The minimum absolute atomic E-state index is 0.149. The molecule has 9 nitrogen and oxygen atoms in total. The molecule has 2 saturated heterocycles. The first-order valence-electron chi connectivity index (χ1n) is 14.9. The van der Waals surface area contributed by atoms with Crippen LogP contribution in [0.2, 0.25) is 0 Å². The van der Waals surface area contributed by atoms with E-state index in [0.29, 0.717) is 25.4 Å². The molecule has 0 amide bonds. The Morgan fingerprint density at radius 3 is 2.63 bits per heavy atom. The Labute approximate surface area is 252 Å². The number of aromatic nitrogens is 3. The third-order valence-electron chi connectivity index (χ3n) is 8.84. The van der Waals surface area contributed by atoms with E-state index >= 15 is 0 Å².